The van der Waals surface area contributed by atoms with E-state index in [2.05, 4.69) is 31.2 Å². The van der Waals surface area contributed by atoms with E-state index in [1.54, 1.807) is 25.8 Å². The van der Waals surface area contributed by atoms with Crippen LogP contribution in [0.25, 0.3) is 0 Å². The van der Waals surface area contributed by atoms with Crippen LogP contribution >= 0.6 is 0 Å². The van der Waals surface area contributed by atoms with E-state index in [9.17, 15) is 9.59 Å². The summed E-state index contributed by atoms with van der Waals surface area (Å²) in [7, 11) is 3.35. The predicted octanol–water partition coefficient (Wildman–Crippen LogP) is 1.54. The molecule has 0 aromatic carbocycles. The predicted molar refractivity (Wildman–Crippen MR) is 89.3 cm³/mol. The van der Waals surface area contributed by atoms with Crippen molar-refractivity contribution >= 4 is 17.6 Å². The van der Waals surface area contributed by atoms with Crippen molar-refractivity contribution in [1.29, 1.82) is 0 Å². The molecule has 23 heavy (non-hydrogen) atoms. The van der Waals surface area contributed by atoms with Crippen molar-refractivity contribution in [3.8, 4) is 0 Å². The maximum atomic E-state index is 12.2. The third-order valence-corrected chi connectivity index (χ3v) is 3.47. The summed E-state index contributed by atoms with van der Waals surface area (Å²) in [6.07, 6.45) is 0.358. The molecule has 0 aliphatic rings. The number of aromatic nitrogens is 2. The molecule has 1 rings (SSSR count). The lowest BCUT2D eigenvalue weighted by molar-refractivity contribution is -0.135. The summed E-state index contributed by atoms with van der Waals surface area (Å²) in [4.78, 5) is 25.6. The zero-order chi connectivity index (χ0) is 17.6. The van der Waals surface area contributed by atoms with Crippen LogP contribution in [0.15, 0.2) is 6.07 Å². The van der Waals surface area contributed by atoms with Crippen LogP contribution in [-0.4, -0.2) is 53.3 Å². The molecular weight excluding hydrogens is 296 g/mol. The van der Waals surface area contributed by atoms with Crippen molar-refractivity contribution in [1.82, 2.24) is 14.7 Å². The van der Waals surface area contributed by atoms with Gasteiger partial charge < -0.3 is 15.0 Å². The summed E-state index contributed by atoms with van der Waals surface area (Å²) in [5.74, 6) is 0.305. The number of carbonyl (C=O) groups is 2. The van der Waals surface area contributed by atoms with Crippen molar-refractivity contribution in [3.63, 3.8) is 0 Å². The number of nitrogens with one attached hydrogen (secondary N) is 1. The van der Waals surface area contributed by atoms with Crippen LogP contribution in [0.2, 0.25) is 0 Å². The fourth-order valence-corrected chi connectivity index (χ4v) is 2.02. The van der Waals surface area contributed by atoms with Gasteiger partial charge in [0.05, 0.1) is 18.8 Å². The summed E-state index contributed by atoms with van der Waals surface area (Å²) < 4.78 is 6.63. The molecule has 1 N–H and O–H groups in total. The van der Waals surface area contributed by atoms with E-state index in [4.69, 9.17) is 4.74 Å². The second-order valence-corrected chi connectivity index (χ2v) is 6.50. The van der Waals surface area contributed by atoms with Crippen molar-refractivity contribution in [2.75, 3.05) is 32.1 Å². The van der Waals surface area contributed by atoms with E-state index in [1.807, 2.05) is 6.07 Å². The van der Waals surface area contributed by atoms with Crippen LogP contribution in [0, 0.1) is 0 Å². The van der Waals surface area contributed by atoms with Gasteiger partial charge >= 0.3 is 0 Å². The Hall–Kier alpha value is -1.89. The van der Waals surface area contributed by atoms with Gasteiger partial charge in [0.25, 0.3) is 0 Å². The largest absolute Gasteiger partial charge is 0.383 e. The van der Waals surface area contributed by atoms with Gasteiger partial charge in [0.1, 0.15) is 5.82 Å². The normalized spacial score (nSPS) is 11.4. The molecule has 0 saturated heterocycles. The third kappa shape index (κ3) is 5.67. The molecule has 0 fully saturated rings. The van der Waals surface area contributed by atoms with Crippen molar-refractivity contribution < 1.29 is 14.3 Å². The Kier molecular flexibility index (Phi) is 6.75. The van der Waals surface area contributed by atoms with Gasteiger partial charge in [-0.05, 0) is 0 Å². The van der Waals surface area contributed by atoms with E-state index >= 15 is 0 Å². The Bertz CT molecular complexity index is 546. The van der Waals surface area contributed by atoms with E-state index in [-0.39, 0.29) is 23.8 Å². The Morgan fingerprint density at radius 3 is 2.52 bits per heavy atom. The molecule has 0 aliphatic heterocycles. The third-order valence-electron chi connectivity index (χ3n) is 3.47. The smallest absolute Gasteiger partial charge is 0.245 e. The quantitative estimate of drug-likeness (QED) is 0.825. The van der Waals surface area contributed by atoms with Crippen LogP contribution in [0.1, 0.15) is 39.8 Å². The molecule has 2 amide bonds. The Morgan fingerprint density at radius 2 is 2.04 bits per heavy atom. The second-order valence-electron chi connectivity index (χ2n) is 6.50. The SMILES string of the molecule is CCC(=O)N(CCOC)CC(=O)Nc1cc(C(C)(C)C)nn1C. The van der Waals surface area contributed by atoms with Gasteiger partial charge in [0.15, 0.2) is 0 Å². The monoisotopic (exact) mass is 324 g/mol. The molecule has 7 nitrogen and oxygen atoms in total. The molecule has 1 aromatic rings. The van der Waals surface area contributed by atoms with Crippen LogP contribution in [-0.2, 0) is 26.8 Å². The number of nitrogens with zero attached hydrogens (tertiary/aromatic N) is 3. The minimum Gasteiger partial charge on any atom is -0.383 e. The number of hydrogen-bond donors (Lipinski definition) is 1. The fourth-order valence-electron chi connectivity index (χ4n) is 2.02. The molecular formula is C16H28N4O3. The van der Waals surface area contributed by atoms with E-state index in [0.29, 0.717) is 25.4 Å². The molecule has 0 atom stereocenters. The molecule has 1 aromatic heterocycles. The highest BCUT2D eigenvalue weighted by molar-refractivity contribution is 5.93. The van der Waals surface area contributed by atoms with Crippen molar-refractivity contribution in [3.05, 3.63) is 11.8 Å². The van der Waals surface area contributed by atoms with Gasteiger partial charge in [-0.3, -0.25) is 14.3 Å². The zero-order valence-electron chi connectivity index (χ0n) is 15.0. The van der Waals surface area contributed by atoms with Crippen LogP contribution < -0.4 is 5.32 Å². The number of amides is 2. The summed E-state index contributed by atoms with van der Waals surface area (Å²) in [5.41, 5.74) is 0.805. The minimum atomic E-state index is -0.244. The molecule has 0 saturated carbocycles. The number of anilines is 1. The summed E-state index contributed by atoms with van der Waals surface area (Å²) in [6, 6.07) is 1.86. The standard InChI is InChI=1S/C16H28N4O3/c1-7-15(22)20(8-9-23-6)11-14(21)17-13-10-12(16(2,3)4)18-19(13)5/h10H,7-9,11H2,1-6H3,(H,17,21). The molecule has 0 radical (unpaired) electrons. The van der Waals surface area contributed by atoms with Gasteiger partial charge in [-0.15, -0.1) is 0 Å². The average molecular weight is 324 g/mol. The Labute approximate surface area is 138 Å². The van der Waals surface area contributed by atoms with Crippen molar-refractivity contribution in [2.45, 2.75) is 39.5 Å². The molecule has 130 valence electrons. The second kappa shape index (κ2) is 8.10. The van der Waals surface area contributed by atoms with E-state index < -0.39 is 0 Å². The number of hydrogen-bond acceptors (Lipinski definition) is 4. The van der Waals surface area contributed by atoms with Gasteiger partial charge in [0.2, 0.25) is 11.8 Å². The number of aryl methyl sites for hydroxylation is 1. The first-order valence-electron chi connectivity index (χ1n) is 7.80. The van der Waals surface area contributed by atoms with Gasteiger partial charge in [-0.1, -0.05) is 27.7 Å². The highest BCUT2D eigenvalue weighted by Crippen LogP contribution is 2.23. The van der Waals surface area contributed by atoms with Gasteiger partial charge in [-0.25, -0.2) is 0 Å². The molecule has 0 unspecified atom stereocenters. The zero-order valence-corrected chi connectivity index (χ0v) is 15.0. The lowest BCUT2D eigenvalue weighted by Crippen LogP contribution is -2.39. The maximum Gasteiger partial charge on any atom is 0.245 e. The van der Waals surface area contributed by atoms with E-state index in [0.717, 1.165) is 5.69 Å². The molecule has 7 heteroatoms. The number of ether oxygens (including phenoxy) is 1. The van der Waals surface area contributed by atoms with E-state index in [1.165, 1.54) is 4.90 Å². The maximum absolute atomic E-state index is 12.2. The van der Waals surface area contributed by atoms with Gasteiger partial charge in [-0.2, -0.15) is 5.10 Å². The first kappa shape index (κ1) is 19.2. The lowest BCUT2D eigenvalue weighted by Gasteiger charge is -2.21. The Balaban J connectivity index is 2.74. The molecule has 0 spiro atoms. The molecule has 1 heterocycles. The number of carbonyl (C=O) groups excluding carboxylic acids is 2. The summed E-state index contributed by atoms with van der Waals surface area (Å²) >= 11 is 0. The molecule has 0 aliphatic carbocycles. The molecule has 0 bridgehead atoms. The first-order valence-corrected chi connectivity index (χ1v) is 7.80. The van der Waals surface area contributed by atoms with Crippen LogP contribution in [0.5, 0.6) is 0 Å². The fraction of sp³-hybridized carbons (Fsp3) is 0.688. The summed E-state index contributed by atoms with van der Waals surface area (Å²) in [6.45, 7) is 8.77. The highest BCUT2D eigenvalue weighted by Gasteiger charge is 2.21. The van der Waals surface area contributed by atoms with Crippen LogP contribution in [0.3, 0.4) is 0 Å². The topological polar surface area (TPSA) is 76.5 Å². The van der Waals surface area contributed by atoms with Crippen LogP contribution in [0.4, 0.5) is 5.82 Å². The number of rotatable bonds is 7. The summed E-state index contributed by atoms with van der Waals surface area (Å²) in [5, 5.41) is 7.23. The number of methoxy groups -OCH3 is 1. The Morgan fingerprint density at radius 1 is 1.39 bits per heavy atom. The van der Waals surface area contributed by atoms with Crippen molar-refractivity contribution in [2.24, 2.45) is 7.05 Å². The van der Waals surface area contributed by atoms with Gasteiger partial charge in [0, 0.05) is 38.6 Å². The average Bonchev–Trinajstić information content (AvgIpc) is 2.83. The lowest BCUT2D eigenvalue weighted by atomic mass is 9.92. The highest BCUT2D eigenvalue weighted by atomic mass is 16.5. The minimum absolute atomic E-state index is 0.00602. The first-order chi connectivity index (χ1) is 10.7.